The molecule has 0 fully saturated rings. The fourth-order valence-corrected chi connectivity index (χ4v) is 3.75. The standard InChI is InChI=1S/2C13H12N4/c2*1-17-11-7-10(9-5-3-2-4-6-9)8-15-12(11)16-13(17)14/h2*2-8H,1H3,(H2,14,15,16). The molecule has 6 aromatic rings. The van der Waals surface area contributed by atoms with Gasteiger partial charge < -0.3 is 20.6 Å². The lowest BCUT2D eigenvalue weighted by Crippen LogP contribution is -1.96. The van der Waals surface area contributed by atoms with Crippen LogP contribution in [-0.2, 0) is 14.1 Å². The fraction of sp³-hybridized carbons (Fsp3) is 0.0769. The van der Waals surface area contributed by atoms with Gasteiger partial charge in [0.1, 0.15) is 0 Å². The fourth-order valence-electron chi connectivity index (χ4n) is 3.75. The molecule has 0 radical (unpaired) electrons. The lowest BCUT2D eigenvalue weighted by Gasteiger charge is -2.01. The van der Waals surface area contributed by atoms with Gasteiger partial charge in [-0.15, -0.1) is 0 Å². The highest BCUT2D eigenvalue weighted by Crippen LogP contribution is 2.24. The van der Waals surface area contributed by atoms with Crippen LogP contribution in [0.1, 0.15) is 0 Å². The highest BCUT2D eigenvalue weighted by Gasteiger charge is 2.08. The van der Waals surface area contributed by atoms with Crippen molar-refractivity contribution in [2.24, 2.45) is 14.1 Å². The van der Waals surface area contributed by atoms with Gasteiger partial charge in [-0.3, -0.25) is 0 Å². The van der Waals surface area contributed by atoms with Crippen LogP contribution in [0.3, 0.4) is 0 Å². The molecule has 4 heterocycles. The van der Waals surface area contributed by atoms with Gasteiger partial charge in [0.25, 0.3) is 0 Å². The number of nitrogen functional groups attached to an aromatic ring is 2. The minimum Gasteiger partial charge on any atom is -0.369 e. The van der Waals surface area contributed by atoms with E-state index in [2.05, 4.69) is 56.3 Å². The predicted molar refractivity (Wildman–Crippen MR) is 137 cm³/mol. The Morgan fingerprint density at radius 2 is 0.941 bits per heavy atom. The van der Waals surface area contributed by atoms with Crippen LogP contribution in [0.15, 0.2) is 85.2 Å². The van der Waals surface area contributed by atoms with E-state index in [9.17, 15) is 0 Å². The van der Waals surface area contributed by atoms with Gasteiger partial charge in [0.2, 0.25) is 11.9 Å². The maximum Gasteiger partial charge on any atom is 0.202 e. The molecule has 8 nitrogen and oxygen atoms in total. The van der Waals surface area contributed by atoms with E-state index >= 15 is 0 Å². The van der Waals surface area contributed by atoms with Gasteiger partial charge in [-0.2, -0.15) is 9.97 Å². The van der Waals surface area contributed by atoms with Crippen molar-refractivity contribution in [3.63, 3.8) is 0 Å². The second-order valence-electron chi connectivity index (χ2n) is 7.92. The van der Waals surface area contributed by atoms with E-state index in [4.69, 9.17) is 11.5 Å². The molecule has 0 aliphatic heterocycles. The van der Waals surface area contributed by atoms with E-state index in [1.807, 2.05) is 72.0 Å². The van der Waals surface area contributed by atoms with Crippen LogP contribution in [0.25, 0.3) is 44.6 Å². The lowest BCUT2D eigenvalue weighted by molar-refractivity contribution is 0.965. The van der Waals surface area contributed by atoms with Gasteiger partial charge in [0.05, 0.1) is 11.0 Å². The molecule has 0 atom stereocenters. The summed E-state index contributed by atoms with van der Waals surface area (Å²) in [6.45, 7) is 0. The van der Waals surface area contributed by atoms with Crippen molar-refractivity contribution in [2.75, 3.05) is 11.5 Å². The average Bonchev–Trinajstić information content (AvgIpc) is 3.34. The van der Waals surface area contributed by atoms with Crippen molar-refractivity contribution in [1.82, 2.24) is 29.1 Å². The van der Waals surface area contributed by atoms with Crippen molar-refractivity contribution < 1.29 is 0 Å². The smallest absolute Gasteiger partial charge is 0.202 e. The molecular weight excluding hydrogens is 424 g/mol. The molecule has 6 rings (SSSR count). The van der Waals surface area contributed by atoms with E-state index in [1.54, 1.807) is 0 Å². The van der Waals surface area contributed by atoms with E-state index < -0.39 is 0 Å². The number of nitrogens with two attached hydrogens (primary N) is 2. The van der Waals surface area contributed by atoms with E-state index in [1.165, 1.54) is 0 Å². The van der Waals surface area contributed by atoms with Gasteiger partial charge >= 0.3 is 0 Å². The maximum atomic E-state index is 5.75. The molecule has 34 heavy (non-hydrogen) atoms. The summed E-state index contributed by atoms with van der Waals surface area (Å²) in [7, 11) is 3.78. The Morgan fingerprint density at radius 3 is 1.32 bits per heavy atom. The SMILES string of the molecule is Cn1c(N)nc2ncc(-c3ccccc3)cc21.Cn1c(N)nc2ncc(-c3ccccc3)cc21. The van der Waals surface area contributed by atoms with Crippen LogP contribution >= 0.6 is 0 Å². The number of rotatable bonds is 2. The largest absolute Gasteiger partial charge is 0.369 e. The topological polar surface area (TPSA) is 113 Å². The number of nitrogens with zero attached hydrogens (tertiary/aromatic N) is 6. The van der Waals surface area contributed by atoms with E-state index in [0.29, 0.717) is 23.2 Å². The number of hydrogen-bond acceptors (Lipinski definition) is 6. The highest BCUT2D eigenvalue weighted by atomic mass is 15.2. The number of aromatic nitrogens is 6. The zero-order chi connectivity index (χ0) is 23.7. The molecular formula is C26H24N8. The van der Waals surface area contributed by atoms with Gasteiger partial charge in [-0.05, 0) is 23.3 Å². The lowest BCUT2D eigenvalue weighted by atomic mass is 10.1. The number of pyridine rings is 2. The third kappa shape index (κ3) is 3.93. The van der Waals surface area contributed by atoms with Crippen LogP contribution in [0, 0.1) is 0 Å². The summed E-state index contributed by atoms with van der Waals surface area (Å²) in [5.41, 5.74) is 19.2. The Bertz CT molecular complexity index is 1460. The first-order valence-electron chi connectivity index (χ1n) is 10.8. The van der Waals surface area contributed by atoms with Crippen LogP contribution in [0.5, 0.6) is 0 Å². The van der Waals surface area contributed by atoms with Gasteiger partial charge in [-0.1, -0.05) is 60.7 Å². The zero-order valence-corrected chi connectivity index (χ0v) is 18.9. The normalized spacial score (nSPS) is 10.9. The molecule has 4 aromatic heterocycles. The third-order valence-electron chi connectivity index (χ3n) is 5.76. The summed E-state index contributed by atoms with van der Waals surface area (Å²) in [6, 6.07) is 24.4. The summed E-state index contributed by atoms with van der Waals surface area (Å²) in [5, 5.41) is 0. The molecule has 0 saturated heterocycles. The van der Waals surface area contributed by atoms with Crippen LogP contribution in [0.4, 0.5) is 11.9 Å². The first kappa shape index (κ1) is 21.1. The van der Waals surface area contributed by atoms with Gasteiger partial charge in [0, 0.05) is 37.6 Å². The quantitative estimate of drug-likeness (QED) is 0.405. The summed E-state index contributed by atoms with van der Waals surface area (Å²) in [6.07, 6.45) is 3.65. The molecule has 4 N–H and O–H groups in total. The van der Waals surface area contributed by atoms with Crippen LogP contribution in [0.2, 0.25) is 0 Å². The number of benzene rings is 2. The van der Waals surface area contributed by atoms with Gasteiger partial charge in [0.15, 0.2) is 11.3 Å². The molecule has 0 aliphatic rings. The predicted octanol–water partition coefficient (Wildman–Crippen LogP) is 4.44. The Labute approximate surface area is 196 Å². The molecule has 0 aliphatic carbocycles. The molecule has 0 spiro atoms. The summed E-state index contributed by atoms with van der Waals surface area (Å²) in [5.74, 6) is 0.968. The van der Waals surface area contributed by atoms with Crippen molar-refractivity contribution in [3.8, 4) is 22.3 Å². The minimum atomic E-state index is 0.484. The summed E-state index contributed by atoms with van der Waals surface area (Å²) >= 11 is 0. The molecule has 0 unspecified atom stereocenters. The van der Waals surface area contributed by atoms with Crippen molar-refractivity contribution >= 4 is 34.2 Å². The van der Waals surface area contributed by atoms with E-state index in [0.717, 1.165) is 33.3 Å². The van der Waals surface area contributed by atoms with Crippen LogP contribution < -0.4 is 11.5 Å². The number of fused-ring (bicyclic) bond motifs is 2. The van der Waals surface area contributed by atoms with Crippen LogP contribution in [-0.4, -0.2) is 29.1 Å². The number of anilines is 2. The summed E-state index contributed by atoms with van der Waals surface area (Å²) < 4.78 is 3.68. The third-order valence-corrected chi connectivity index (χ3v) is 5.76. The maximum absolute atomic E-state index is 5.75. The summed E-state index contributed by atoms with van der Waals surface area (Å²) in [4.78, 5) is 17.0. The first-order chi connectivity index (χ1) is 16.5. The molecule has 0 bridgehead atoms. The van der Waals surface area contributed by atoms with Crippen molar-refractivity contribution in [2.45, 2.75) is 0 Å². The molecule has 2 aromatic carbocycles. The number of aryl methyl sites for hydroxylation is 2. The molecule has 8 heteroatoms. The minimum absolute atomic E-state index is 0.484. The monoisotopic (exact) mass is 448 g/mol. The number of imidazole rings is 2. The van der Waals surface area contributed by atoms with Crippen molar-refractivity contribution in [3.05, 3.63) is 85.2 Å². The average molecular weight is 449 g/mol. The van der Waals surface area contributed by atoms with Crippen molar-refractivity contribution in [1.29, 1.82) is 0 Å². The molecule has 168 valence electrons. The first-order valence-corrected chi connectivity index (χ1v) is 10.8. The Balaban J connectivity index is 0.000000142. The second kappa shape index (κ2) is 8.67. The Kier molecular flexibility index (Phi) is 5.39. The molecule has 0 saturated carbocycles. The molecule has 0 amide bonds. The van der Waals surface area contributed by atoms with Gasteiger partial charge in [-0.25, -0.2) is 9.97 Å². The Morgan fingerprint density at radius 1 is 0.559 bits per heavy atom. The Hall–Kier alpha value is -4.72. The number of hydrogen-bond donors (Lipinski definition) is 2. The van der Waals surface area contributed by atoms with E-state index in [-0.39, 0.29) is 0 Å². The zero-order valence-electron chi connectivity index (χ0n) is 18.9. The second-order valence-corrected chi connectivity index (χ2v) is 7.92. The highest BCUT2D eigenvalue weighted by molar-refractivity contribution is 5.81.